The minimum atomic E-state index is 0.264. The molecule has 3 nitrogen and oxygen atoms in total. The molecule has 1 unspecified atom stereocenters. The normalized spacial score (nSPS) is 27.7. The van der Waals surface area contributed by atoms with Crippen LogP contribution >= 0.6 is 0 Å². The zero-order chi connectivity index (χ0) is 12.8. The number of carbonyl (C=O) groups excluding carboxylic acids is 1. The van der Waals surface area contributed by atoms with Gasteiger partial charge in [-0.25, -0.2) is 0 Å². The van der Waals surface area contributed by atoms with E-state index in [9.17, 15) is 4.79 Å². The van der Waals surface area contributed by atoms with Crippen LogP contribution in [0.25, 0.3) is 0 Å². The highest BCUT2D eigenvalue weighted by atomic mass is 16.1. The van der Waals surface area contributed by atoms with Gasteiger partial charge in [-0.15, -0.1) is 0 Å². The maximum absolute atomic E-state index is 12.0. The first-order valence-corrected chi connectivity index (χ1v) is 7.76. The van der Waals surface area contributed by atoms with E-state index in [1.54, 1.807) is 0 Å². The fraction of sp³-hybridized carbons (Fsp3) is 0.933. The first kappa shape index (κ1) is 13.9. The minimum Gasteiger partial charge on any atom is -0.353 e. The summed E-state index contributed by atoms with van der Waals surface area (Å²) in [4.78, 5) is 12.0. The van der Waals surface area contributed by atoms with Crippen LogP contribution < -0.4 is 10.6 Å². The summed E-state index contributed by atoms with van der Waals surface area (Å²) in [7, 11) is 0. The highest BCUT2D eigenvalue weighted by Crippen LogP contribution is 2.25. The number of carbonyl (C=O) groups is 1. The van der Waals surface area contributed by atoms with E-state index in [-0.39, 0.29) is 5.91 Å². The largest absolute Gasteiger partial charge is 0.353 e. The molecule has 0 aromatic rings. The number of nitrogens with one attached hydrogen (secondary N) is 2. The second-order valence-corrected chi connectivity index (χ2v) is 6.17. The SMILES string of the molecule is C[C@H](NC(=O)CC1CCNC1)C1CCCCCC1. The highest BCUT2D eigenvalue weighted by molar-refractivity contribution is 5.76. The monoisotopic (exact) mass is 252 g/mol. The number of hydrogen-bond donors (Lipinski definition) is 2. The Bertz CT molecular complexity index is 253. The van der Waals surface area contributed by atoms with Crippen molar-refractivity contribution in [2.24, 2.45) is 11.8 Å². The van der Waals surface area contributed by atoms with Crippen molar-refractivity contribution in [1.82, 2.24) is 10.6 Å². The zero-order valence-electron chi connectivity index (χ0n) is 11.7. The van der Waals surface area contributed by atoms with Crippen LogP contribution in [0, 0.1) is 11.8 Å². The van der Waals surface area contributed by atoms with Gasteiger partial charge in [0.15, 0.2) is 0 Å². The van der Waals surface area contributed by atoms with Gasteiger partial charge in [-0.2, -0.15) is 0 Å². The fourth-order valence-electron chi connectivity index (χ4n) is 3.39. The Morgan fingerprint density at radius 1 is 1.22 bits per heavy atom. The van der Waals surface area contributed by atoms with Gasteiger partial charge in [-0.1, -0.05) is 25.7 Å². The molecule has 0 aromatic carbocycles. The Morgan fingerprint density at radius 2 is 1.94 bits per heavy atom. The Hall–Kier alpha value is -0.570. The summed E-state index contributed by atoms with van der Waals surface area (Å²) in [6, 6.07) is 0.366. The third-order valence-corrected chi connectivity index (χ3v) is 4.63. The maximum atomic E-state index is 12.0. The van der Waals surface area contributed by atoms with Crippen molar-refractivity contribution in [3.05, 3.63) is 0 Å². The molecule has 1 saturated heterocycles. The maximum Gasteiger partial charge on any atom is 0.220 e. The molecule has 0 spiro atoms. The van der Waals surface area contributed by atoms with E-state index in [1.807, 2.05) is 0 Å². The van der Waals surface area contributed by atoms with E-state index < -0.39 is 0 Å². The predicted molar refractivity (Wildman–Crippen MR) is 74.4 cm³/mol. The average molecular weight is 252 g/mol. The third kappa shape index (κ3) is 4.27. The van der Waals surface area contributed by atoms with Crippen LogP contribution in [0.1, 0.15) is 58.3 Å². The molecule has 2 aliphatic rings. The number of amides is 1. The molecule has 1 saturated carbocycles. The minimum absolute atomic E-state index is 0.264. The van der Waals surface area contributed by atoms with Gasteiger partial charge in [-0.3, -0.25) is 4.79 Å². The Morgan fingerprint density at radius 3 is 2.56 bits per heavy atom. The molecule has 3 heteroatoms. The van der Waals surface area contributed by atoms with E-state index in [0.29, 0.717) is 24.3 Å². The molecule has 2 fully saturated rings. The molecule has 1 amide bonds. The van der Waals surface area contributed by atoms with E-state index in [2.05, 4.69) is 17.6 Å². The van der Waals surface area contributed by atoms with Crippen LogP contribution in [0.2, 0.25) is 0 Å². The van der Waals surface area contributed by atoms with E-state index in [1.165, 1.54) is 38.5 Å². The smallest absolute Gasteiger partial charge is 0.220 e. The van der Waals surface area contributed by atoms with Gasteiger partial charge in [0.25, 0.3) is 0 Å². The molecule has 1 aliphatic heterocycles. The summed E-state index contributed by atoms with van der Waals surface area (Å²) in [5.74, 6) is 1.53. The molecular formula is C15H28N2O. The number of rotatable bonds is 4. The van der Waals surface area contributed by atoms with Gasteiger partial charge in [0.1, 0.15) is 0 Å². The predicted octanol–water partition coefficient (Wildman–Crippen LogP) is 2.46. The van der Waals surface area contributed by atoms with Gasteiger partial charge in [0.05, 0.1) is 0 Å². The van der Waals surface area contributed by atoms with Crippen molar-refractivity contribution in [3.8, 4) is 0 Å². The molecule has 2 rings (SSSR count). The lowest BCUT2D eigenvalue weighted by molar-refractivity contribution is -0.122. The lowest BCUT2D eigenvalue weighted by Crippen LogP contribution is -2.38. The third-order valence-electron chi connectivity index (χ3n) is 4.63. The van der Waals surface area contributed by atoms with Gasteiger partial charge < -0.3 is 10.6 Å². The van der Waals surface area contributed by atoms with Crippen molar-refractivity contribution >= 4 is 5.91 Å². The van der Waals surface area contributed by atoms with Crippen molar-refractivity contribution < 1.29 is 4.79 Å². The molecule has 104 valence electrons. The molecule has 1 aliphatic carbocycles. The van der Waals surface area contributed by atoms with Gasteiger partial charge in [0, 0.05) is 12.5 Å². The fourth-order valence-corrected chi connectivity index (χ4v) is 3.39. The zero-order valence-corrected chi connectivity index (χ0v) is 11.7. The van der Waals surface area contributed by atoms with Crippen LogP contribution in [-0.2, 0) is 4.79 Å². The Kier molecular flexibility index (Phi) is 5.48. The summed E-state index contributed by atoms with van der Waals surface area (Å²) < 4.78 is 0. The summed E-state index contributed by atoms with van der Waals surface area (Å²) in [6.07, 6.45) is 9.92. The average Bonchev–Trinajstić information content (AvgIpc) is 2.68. The molecule has 0 bridgehead atoms. The Labute approximate surface area is 111 Å². The summed E-state index contributed by atoms with van der Waals surface area (Å²) in [5, 5.41) is 6.56. The summed E-state index contributed by atoms with van der Waals surface area (Å²) in [6.45, 7) is 4.29. The molecule has 18 heavy (non-hydrogen) atoms. The lowest BCUT2D eigenvalue weighted by atomic mass is 9.92. The van der Waals surface area contributed by atoms with Gasteiger partial charge in [0.2, 0.25) is 5.91 Å². The van der Waals surface area contributed by atoms with E-state index in [0.717, 1.165) is 19.5 Å². The molecule has 2 atom stereocenters. The van der Waals surface area contributed by atoms with E-state index in [4.69, 9.17) is 0 Å². The van der Waals surface area contributed by atoms with Crippen LogP contribution in [-0.4, -0.2) is 25.0 Å². The molecular weight excluding hydrogens is 224 g/mol. The van der Waals surface area contributed by atoms with Crippen molar-refractivity contribution in [2.45, 2.75) is 64.3 Å². The lowest BCUT2D eigenvalue weighted by Gasteiger charge is -2.24. The summed E-state index contributed by atoms with van der Waals surface area (Å²) >= 11 is 0. The Balaban J connectivity index is 1.71. The first-order chi connectivity index (χ1) is 8.75. The van der Waals surface area contributed by atoms with Crippen LogP contribution in [0.15, 0.2) is 0 Å². The highest BCUT2D eigenvalue weighted by Gasteiger charge is 2.23. The molecule has 2 N–H and O–H groups in total. The number of hydrogen-bond acceptors (Lipinski definition) is 2. The van der Waals surface area contributed by atoms with Crippen molar-refractivity contribution in [1.29, 1.82) is 0 Å². The second-order valence-electron chi connectivity index (χ2n) is 6.17. The molecule has 1 heterocycles. The van der Waals surface area contributed by atoms with Gasteiger partial charge in [-0.05, 0) is 51.1 Å². The van der Waals surface area contributed by atoms with Crippen molar-refractivity contribution in [2.75, 3.05) is 13.1 Å². The first-order valence-electron chi connectivity index (χ1n) is 7.76. The molecule has 0 aromatic heterocycles. The topological polar surface area (TPSA) is 41.1 Å². The second kappa shape index (κ2) is 7.13. The quantitative estimate of drug-likeness (QED) is 0.755. The summed E-state index contributed by atoms with van der Waals surface area (Å²) in [5.41, 5.74) is 0. The van der Waals surface area contributed by atoms with E-state index >= 15 is 0 Å². The molecule has 0 radical (unpaired) electrons. The standard InChI is InChI=1S/C15H28N2O/c1-12(14-6-4-2-3-5-7-14)17-15(18)10-13-8-9-16-11-13/h12-14,16H,2-11H2,1H3,(H,17,18)/t12-,13?/m0/s1. The van der Waals surface area contributed by atoms with Gasteiger partial charge >= 0.3 is 0 Å². The van der Waals surface area contributed by atoms with Crippen LogP contribution in [0.3, 0.4) is 0 Å². The van der Waals surface area contributed by atoms with Crippen molar-refractivity contribution in [3.63, 3.8) is 0 Å². The van der Waals surface area contributed by atoms with Crippen LogP contribution in [0.4, 0.5) is 0 Å². The van der Waals surface area contributed by atoms with Crippen LogP contribution in [0.5, 0.6) is 0 Å².